The largest absolute Gasteiger partial charge is 0.0776 e. The Hall–Kier alpha value is -1.78. The molecule has 18 heavy (non-hydrogen) atoms. The van der Waals surface area contributed by atoms with E-state index < -0.39 is 8.07 Å². The molecule has 0 spiro atoms. The summed E-state index contributed by atoms with van der Waals surface area (Å²) in [5, 5.41) is 1.46. The summed E-state index contributed by atoms with van der Waals surface area (Å²) in [4.78, 5) is 0. The molecule has 0 saturated carbocycles. The second-order valence-corrected chi connectivity index (χ2v) is 10.5. The van der Waals surface area contributed by atoms with E-state index in [-0.39, 0.29) is 0 Å². The van der Waals surface area contributed by atoms with Gasteiger partial charge in [-0.25, -0.2) is 0 Å². The first-order chi connectivity index (χ1) is 8.55. The van der Waals surface area contributed by atoms with Crippen LogP contribution < -0.4 is 5.19 Å². The predicted molar refractivity (Wildman–Crippen MR) is 81.8 cm³/mol. The highest BCUT2D eigenvalue weighted by atomic mass is 28.3. The third-order valence-electron chi connectivity index (χ3n) is 2.85. The van der Waals surface area contributed by atoms with Gasteiger partial charge in [0.25, 0.3) is 0 Å². The van der Waals surface area contributed by atoms with Crippen molar-refractivity contribution in [1.29, 1.82) is 0 Å². The molecule has 0 aliphatic heterocycles. The molecule has 0 amide bonds. The van der Waals surface area contributed by atoms with Crippen LogP contribution >= 0.6 is 0 Å². The van der Waals surface area contributed by atoms with Crippen molar-refractivity contribution in [3.63, 3.8) is 0 Å². The van der Waals surface area contributed by atoms with Crippen LogP contribution in [0.2, 0.25) is 19.6 Å². The first-order valence-electron chi connectivity index (χ1n) is 6.23. The Kier molecular flexibility index (Phi) is 3.69. The molecule has 90 valence electrons. The van der Waals surface area contributed by atoms with Gasteiger partial charge in [-0.3, -0.25) is 0 Å². The van der Waals surface area contributed by atoms with Crippen molar-refractivity contribution in [2.75, 3.05) is 0 Å². The van der Waals surface area contributed by atoms with Crippen molar-refractivity contribution in [3.05, 3.63) is 65.7 Å². The van der Waals surface area contributed by atoms with Crippen LogP contribution in [-0.4, -0.2) is 8.07 Å². The minimum absolute atomic E-state index is 1.07. The smallest absolute Gasteiger partial charge is 0.0656 e. The molecular formula is C17H18Si. The number of hydrogen-bond acceptors (Lipinski definition) is 0. The van der Waals surface area contributed by atoms with E-state index in [1.807, 2.05) is 30.3 Å². The van der Waals surface area contributed by atoms with E-state index in [9.17, 15) is 0 Å². The van der Waals surface area contributed by atoms with E-state index in [4.69, 9.17) is 0 Å². The third kappa shape index (κ3) is 3.35. The van der Waals surface area contributed by atoms with Gasteiger partial charge in [0.2, 0.25) is 0 Å². The van der Waals surface area contributed by atoms with Gasteiger partial charge in [0.05, 0.1) is 8.07 Å². The molecule has 0 unspecified atom stereocenters. The lowest BCUT2D eigenvalue weighted by molar-refractivity contribution is 1.62. The highest BCUT2D eigenvalue weighted by molar-refractivity contribution is 6.88. The monoisotopic (exact) mass is 250 g/mol. The van der Waals surface area contributed by atoms with E-state index in [0.29, 0.717) is 0 Å². The molecule has 1 heteroatoms. The second kappa shape index (κ2) is 5.24. The third-order valence-corrected chi connectivity index (χ3v) is 4.90. The summed E-state index contributed by atoms with van der Waals surface area (Å²) in [6, 6.07) is 18.8. The van der Waals surface area contributed by atoms with Crippen LogP contribution in [-0.2, 0) is 0 Å². The van der Waals surface area contributed by atoms with E-state index in [1.165, 1.54) is 5.19 Å². The van der Waals surface area contributed by atoms with Crippen LogP contribution in [0.1, 0.15) is 11.1 Å². The van der Waals surface area contributed by atoms with E-state index >= 15 is 0 Å². The zero-order valence-corrected chi connectivity index (χ0v) is 12.2. The molecule has 0 radical (unpaired) electrons. The lowest BCUT2D eigenvalue weighted by atomic mass is 10.2. The molecule has 0 aliphatic carbocycles. The van der Waals surface area contributed by atoms with Gasteiger partial charge >= 0.3 is 0 Å². The van der Waals surface area contributed by atoms with E-state index in [2.05, 4.69) is 55.7 Å². The Balaban J connectivity index is 2.29. The standard InChI is InChI=1S/C17H18Si/c1-18(2,3)17-11-7-10-16(14-17)13-12-15-8-5-4-6-9-15/h4-11,14H,1-3H3. The van der Waals surface area contributed by atoms with Crippen LogP contribution in [0.4, 0.5) is 0 Å². The van der Waals surface area contributed by atoms with Crippen LogP contribution in [0.3, 0.4) is 0 Å². The molecule has 0 saturated heterocycles. The fraction of sp³-hybridized carbons (Fsp3) is 0.176. The molecule has 0 N–H and O–H groups in total. The Bertz CT molecular complexity index is 580. The quantitative estimate of drug-likeness (QED) is 0.535. The maximum Gasteiger partial charge on any atom is 0.0776 e. The molecule has 0 atom stereocenters. The number of hydrogen-bond donors (Lipinski definition) is 0. The van der Waals surface area contributed by atoms with Gasteiger partial charge in [-0.15, -0.1) is 0 Å². The first-order valence-corrected chi connectivity index (χ1v) is 9.73. The minimum Gasteiger partial charge on any atom is -0.0656 e. The number of benzene rings is 2. The van der Waals surface area contributed by atoms with Crippen molar-refractivity contribution in [3.8, 4) is 11.8 Å². The minimum atomic E-state index is -1.24. The van der Waals surface area contributed by atoms with Crippen molar-refractivity contribution >= 4 is 13.3 Å². The summed E-state index contributed by atoms with van der Waals surface area (Å²) in [5.41, 5.74) is 2.18. The molecule has 0 aliphatic rings. The summed E-state index contributed by atoms with van der Waals surface area (Å²) in [6.07, 6.45) is 0. The van der Waals surface area contributed by atoms with E-state index in [1.54, 1.807) is 0 Å². The fourth-order valence-corrected chi connectivity index (χ4v) is 2.91. The molecule has 0 aromatic heterocycles. The van der Waals surface area contributed by atoms with Gasteiger partial charge in [0.15, 0.2) is 0 Å². The number of rotatable bonds is 1. The van der Waals surface area contributed by atoms with Gasteiger partial charge in [0.1, 0.15) is 0 Å². The van der Waals surface area contributed by atoms with Crippen molar-refractivity contribution < 1.29 is 0 Å². The Morgan fingerprint density at radius 3 is 2.00 bits per heavy atom. The van der Waals surface area contributed by atoms with Crippen molar-refractivity contribution in [2.45, 2.75) is 19.6 Å². The van der Waals surface area contributed by atoms with Crippen LogP contribution in [0.25, 0.3) is 0 Å². The van der Waals surface area contributed by atoms with Crippen molar-refractivity contribution in [1.82, 2.24) is 0 Å². The first kappa shape index (κ1) is 12.7. The summed E-state index contributed by atoms with van der Waals surface area (Å²) in [6.45, 7) is 7.07. The molecule has 2 aromatic carbocycles. The average Bonchev–Trinajstić information content (AvgIpc) is 2.37. The Labute approximate surface area is 111 Å². The molecule has 2 rings (SSSR count). The maximum atomic E-state index is 3.25. The molecule has 0 nitrogen and oxygen atoms in total. The highest BCUT2D eigenvalue weighted by Crippen LogP contribution is 2.05. The summed E-state index contributed by atoms with van der Waals surface area (Å²) in [5.74, 6) is 6.45. The summed E-state index contributed by atoms with van der Waals surface area (Å²) in [7, 11) is -1.24. The van der Waals surface area contributed by atoms with Gasteiger partial charge in [-0.2, -0.15) is 0 Å². The van der Waals surface area contributed by atoms with Crippen molar-refractivity contribution in [2.24, 2.45) is 0 Å². The SMILES string of the molecule is C[Si](C)(C)c1cccc(C#Cc2ccccc2)c1. The van der Waals surface area contributed by atoms with Gasteiger partial charge in [0, 0.05) is 11.1 Å². The van der Waals surface area contributed by atoms with Crippen LogP contribution in [0.15, 0.2) is 54.6 Å². The summed E-state index contributed by atoms with van der Waals surface area (Å²) < 4.78 is 0. The zero-order chi connectivity index (χ0) is 13.0. The van der Waals surface area contributed by atoms with Crippen LogP contribution in [0.5, 0.6) is 0 Å². The zero-order valence-electron chi connectivity index (χ0n) is 11.2. The fourth-order valence-electron chi connectivity index (χ4n) is 1.73. The van der Waals surface area contributed by atoms with Crippen LogP contribution in [0, 0.1) is 11.8 Å². The average molecular weight is 250 g/mol. The normalized spacial score (nSPS) is 10.6. The predicted octanol–water partition coefficient (Wildman–Crippen LogP) is 3.63. The second-order valence-electron chi connectivity index (χ2n) is 5.45. The molecule has 0 heterocycles. The van der Waals surface area contributed by atoms with Gasteiger partial charge in [-0.1, -0.05) is 67.0 Å². The summed E-state index contributed by atoms with van der Waals surface area (Å²) >= 11 is 0. The Morgan fingerprint density at radius 1 is 0.722 bits per heavy atom. The molecule has 0 bridgehead atoms. The molecule has 2 aromatic rings. The maximum absolute atomic E-state index is 3.25. The topological polar surface area (TPSA) is 0 Å². The molecule has 0 fully saturated rings. The van der Waals surface area contributed by atoms with Gasteiger partial charge in [-0.05, 0) is 24.3 Å². The highest BCUT2D eigenvalue weighted by Gasteiger charge is 2.15. The Morgan fingerprint density at radius 2 is 1.33 bits per heavy atom. The van der Waals surface area contributed by atoms with Gasteiger partial charge < -0.3 is 0 Å². The molecular weight excluding hydrogens is 232 g/mol. The van der Waals surface area contributed by atoms with E-state index in [0.717, 1.165) is 11.1 Å². The lowest BCUT2D eigenvalue weighted by Crippen LogP contribution is -2.37. The lowest BCUT2D eigenvalue weighted by Gasteiger charge is -2.16.